The van der Waals surface area contributed by atoms with Gasteiger partial charge in [-0.15, -0.1) is 6.42 Å². The summed E-state index contributed by atoms with van der Waals surface area (Å²) in [7, 11) is 0. The molecular formula is C22H20. The Hall–Kier alpha value is -3.04. The molecule has 0 atom stereocenters. The number of benzene rings is 3. The van der Waals surface area contributed by atoms with Crippen LogP contribution in [-0.4, -0.2) is 0 Å². The van der Waals surface area contributed by atoms with Gasteiger partial charge in [-0.2, -0.15) is 0 Å². The minimum Gasteiger partial charge on any atom is -0.115 e. The van der Waals surface area contributed by atoms with Gasteiger partial charge in [0.15, 0.2) is 0 Å². The average molecular weight is 284 g/mol. The van der Waals surface area contributed by atoms with Crippen molar-refractivity contribution in [3.05, 3.63) is 115 Å². The van der Waals surface area contributed by atoms with Gasteiger partial charge in [-0.05, 0) is 17.7 Å². The van der Waals surface area contributed by atoms with Crippen molar-refractivity contribution in [3.8, 4) is 12.3 Å². The van der Waals surface area contributed by atoms with Crippen LogP contribution in [0.2, 0.25) is 0 Å². The molecule has 0 fully saturated rings. The van der Waals surface area contributed by atoms with Crippen LogP contribution in [0.3, 0.4) is 0 Å². The Labute approximate surface area is 133 Å². The summed E-state index contributed by atoms with van der Waals surface area (Å²) in [5.41, 5.74) is 2.11. The van der Waals surface area contributed by atoms with Gasteiger partial charge in [0.2, 0.25) is 0 Å². The van der Waals surface area contributed by atoms with Gasteiger partial charge in [0.1, 0.15) is 0 Å². The second-order valence-corrected chi connectivity index (χ2v) is 4.28. The molecule has 0 aliphatic carbocycles. The largest absolute Gasteiger partial charge is 0.115 e. The van der Waals surface area contributed by atoms with Crippen molar-refractivity contribution in [2.75, 3.05) is 0 Å². The Balaban J connectivity index is 0.000000167. The first-order valence-electron chi connectivity index (χ1n) is 7.06. The molecule has 0 unspecified atom stereocenters. The van der Waals surface area contributed by atoms with E-state index >= 15 is 0 Å². The van der Waals surface area contributed by atoms with Crippen LogP contribution in [0, 0.1) is 12.3 Å². The summed E-state index contributed by atoms with van der Waals surface area (Å²) in [5, 5.41) is 0. The SMILES string of the molecule is C#Cc1ccccc1.C=Cc1ccccc1.c1ccccc1. The third-order valence-corrected chi connectivity index (χ3v) is 2.64. The fourth-order valence-corrected chi connectivity index (χ4v) is 1.51. The zero-order valence-corrected chi connectivity index (χ0v) is 12.6. The lowest BCUT2D eigenvalue weighted by Crippen LogP contribution is -1.66. The van der Waals surface area contributed by atoms with Crippen LogP contribution in [0.5, 0.6) is 0 Å². The highest BCUT2D eigenvalue weighted by Gasteiger charge is 1.76. The van der Waals surface area contributed by atoms with Crippen LogP contribution >= 0.6 is 0 Å². The summed E-state index contributed by atoms with van der Waals surface area (Å²) in [6.07, 6.45) is 6.93. The molecule has 3 aromatic carbocycles. The fourth-order valence-electron chi connectivity index (χ4n) is 1.51. The van der Waals surface area contributed by atoms with Crippen LogP contribution in [-0.2, 0) is 0 Å². The molecule has 0 aliphatic heterocycles. The van der Waals surface area contributed by atoms with Crippen LogP contribution in [0.4, 0.5) is 0 Å². The van der Waals surface area contributed by atoms with E-state index < -0.39 is 0 Å². The first kappa shape index (κ1) is 17.0. The van der Waals surface area contributed by atoms with E-state index in [2.05, 4.69) is 12.5 Å². The van der Waals surface area contributed by atoms with Gasteiger partial charge in [-0.1, -0.05) is 104 Å². The van der Waals surface area contributed by atoms with Gasteiger partial charge < -0.3 is 0 Å². The topological polar surface area (TPSA) is 0 Å². The highest BCUT2D eigenvalue weighted by atomic mass is 13.8. The van der Waals surface area contributed by atoms with E-state index in [1.165, 1.54) is 5.56 Å². The second kappa shape index (κ2) is 11.8. The van der Waals surface area contributed by atoms with E-state index in [-0.39, 0.29) is 0 Å². The van der Waals surface area contributed by atoms with Crippen molar-refractivity contribution in [2.45, 2.75) is 0 Å². The predicted molar refractivity (Wildman–Crippen MR) is 97.4 cm³/mol. The molecular weight excluding hydrogens is 264 g/mol. The molecule has 0 N–H and O–H groups in total. The van der Waals surface area contributed by atoms with Gasteiger partial charge in [-0.3, -0.25) is 0 Å². The summed E-state index contributed by atoms with van der Waals surface area (Å²) in [6, 6.07) is 31.6. The lowest BCUT2D eigenvalue weighted by Gasteiger charge is -1.85. The Kier molecular flexibility index (Phi) is 9.09. The molecule has 0 aromatic heterocycles. The molecule has 0 heteroatoms. The minimum absolute atomic E-state index is 0.938. The highest BCUT2D eigenvalue weighted by Crippen LogP contribution is 1.97. The third kappa shape index (κ3) is 8.19. The third-order valence-electron chi connectivity index (χ3n) is 2.64. The Bertz CT molecular complexity index is 620. The molecule has 0 bridgehead atoms. The Morgan fingerprint density at radius 3 is 1.27 bits per heavy atom. The zero-order chi connectivity index (χ0) is 15.9. The molecule has 0 heterocycles. The maximum absolute atomic E-state index is 5.10. The van der Waals surface area contributed by atoms with Crippen LogP contribution in [0.1, 0.15) is 11.1 Å². The number of terminal acetylenes is 1. The Morgan fingerprint density at radius 1 is 0.636 bits per heavy atom. The molecule has 0 amide bonds. The van der Waals surface area contributed by atoms with E-state index in [0.29, 0.717) is 0 Å². The van der Waals surface area contributed by atoms with Crippen LogP contribution in [0.15, 0.2) is 104 Å². The average Bonchev–Trinajstić information content (AvgIpc) is 2.65. The zero-order valence-electron chi connectivity index (χ0n) is 12.6. The first-order valence-corrected chi connectivity index (χ1v) is 7.06. The smallest absolute Gasteiger partial charge is 0.0242 e. The lowest BCUT2D eigenvalue weighted by molar-refractivity contribution is 1.65. The van der Waals surface area contributed by atoms with E-state index in [4.69, 9.17) is 6.42 Å². The van der Waals surface area contributed by atoms with Gasteiger partial charge in [0.05, 0.1) is 0 Å². The number of hydrogen-bond donors (Lipinski definition) is 0. The molecule has 0 nitrogen and oxygen atoms in total. The minimum atomic E-state index is 0.938. The molecule has 0 radical (unpaired) electrons. The molecule has 0 saturated heterocycles. The maximum Gasteiger partial charge on any atom is 0.0242 e. The summed E-state index contributed by atoms with van der Waals surface area (Å²) in [4.78, 5) is 0. The van der Waals surface area contributed by atoms with E-state index in [9.17, 15) is 0 Å². The predicted octanol–water partition coefficient (Wildman–Crippen LogP) is 5.68. The molecule has 108 valence electrons. The monoisotopic (exact) mass is 284 g/mol. The van der Waals surface area contributed by atoms with E-state index in [1.807, 2.05) is 103 Å². The standard InChI is InChI=1S/C8H8.C8H6.C6H6/c2*1-2-8-6-4-3-5-7-8;1-2-4-6-5-3-1/h2-7H,1H2;1,3-7H;1-6H. The Morgan fingerprint density at radius 2 is 1.00 bits per heavy atom. The van der Waals surface area contributed by atoms with Crippen molar-refractivity contribution in [1.29, 1.82) is 0 Å². The van der Waals surface area contributed by atoms with Crippen LogP contribution < -0.4 is 0 Å². The second-order valence-electron chi connectivity index (χ2n) is 4.28. The van der Waals surface area contributed by atoms with Gasteiger partial charge in [0.25, 0.3) is 0 Å². The van der Waals surface area contributed by atoms with Crippen molar-refractivity contribution >= 4 is 6.08 Å². The molecule has 3 rings (SSSR count). The summed E-state index contributed by atoms with van der Waals surface area (Å²) < 4.78 is 0. The normalized spacial score (nSPS) is 8.14. The van der Waals surface area contributed by atoms with Crippen molar-refractivity contribution in [2.24, 2.45) is 0 Å². The van der Waals surface area contributed by atoms with Gasteiger partial charge in [0, 0.05) is 5.56 Å². The van der Waals surface area contributed by atoms with E-state index in [0.717, 1.165) is 5.56 Å². The van der Waals surface area contributed by atoms with Gasteiger partial charge >= 0.3 is 0 Å². The quantitative estimate of drug-likeness (QED) is 0.504. The number of rotatable bonds is 1. The van der Waals surface area contributed by atoms with E-state index in [1.54, 1.807) is 0 Å². The summed E-state index contributed by atoms with van der Waals surface area (Å²) in [6.45, 7) is 3.63. The lowest BCUT2D eigenvalue weighted by atomic mass is 10.2. The maximum atomic E-state index is 5.10. The summed E-state index contributed by atoms with van der Waals surface area (Å²) >= 11 is 0. The first-order chi connectivity index (χ1) is 10.9. The fraction of sp³-hybridized carbons (Fsp3) is 0. The molecule has 0 aliphatic rings. The number of hydrogen-bond acceptors (Lipinski definition) is 0. The molecule has 0 saturated carbocycles. The van der Waals surface area contributed by atoms with Crippen molar-refractivity contribution in [1.82, 2.24) is 0 Å². The molecule has 3 aromatic rings. The summed E-state index contributed by atoms with van der Waals surface area (Å²) in [5.74, 6) is 2.53. The van der Waals surface area contributed by atoms with Crippen LogP contribution in [0.25, 0.3) is 6.08 Å². The van der Waals surface area contributed by atoms with Crippen molar-refractivity contribution in [3.63, 3.8) is 0 Å². The highest BCUT2D eigenvalue weighted by molar-refractivity contribution is 5.45. The van der Waals surface area contributed by atoms with Gasteiger partial charge in [-0.25, -0.2) is 0 Å². The molecule has 22 heavy (non-hydrogen) atoms. The van der Waals surface area contributed by atoms with Crippen molar-refractivity contribution < 1.29 is 0 Å². The molecule has 0 spiro atoms.